The number of aryl methyl sites for hydroxylation is 1. The fraction of sp³-hybridized carbons (Fsp3) is 0.231. The highest BCUT2D eigenvalue weighted by Gasteiger charge is 2.11. The maximum atomic E-state index is 11.7. The monoisotopic (exact) mass is 280 g/mol. The number of nitrogens with one attached hydrogen (secondary N) is 2. The molecular formula is C13H16N2O3S. The predicted octanol–water partition coefficient (Wildman–Crippen LogP) is 2.11. The van der Waals surface area contributed by atoms with Gasteiger partial charge in [0, 0.05) is 5.69 Å². The van der Waals surface area contributed by atoms with Gasteiger partial charge in [0.2, 0.25) is 10.0 Å². The molecular weight excluding hydrogens is 264 g/mol. The summed E-state index contributed by atoms with van der Waals surface area (Å²) in [5.41, 5.74) is 0.727. The SMILES string of the molecule is CNS(=O)(=O)c1cccc(NCc2ccc(C)o2)c1. The first-order chi connectivity index (χ1) is 9.01. The van der Waals surface area contributed by atoms with Crippen molar-refractivity contribution in [2.24, 2.45) is 0 Å². The fourth-order valence-electron chi connectivity index (χ4n) is 1.66. The van der Waals surface area contributed by atoms with Gasteiger partial charge in [-0.15, -0.1) is 0 Å². The van der Waals surface area contributed by atoms with Crippen LogP contribution in [0.4, 0.5) is 5.69 Å². The van der Waals surface area contributed by atoms with Crippen LogP contribution in [0.1, 0.15) is 11.5 Å². The Bertz CT molecular complexity index is 662. The minimum atomic E-state index is -3.41. The molecule has 102 valence electrons. The second-order valence-corrected chi connectivity index (χ2v) is 5.99. The minimum Gasteiger partial charge on any atom is -0.465 e. The van der Waals surface area contributed by atoms with Crippen molar-refractivity contribution >= 4 is 15.7 Å². The number of sulfonamides is 1. The van der Waals surface area contributed by atoms with E-state index in [-0.39, 0.29) is 4.90 Å². The molecule has 2 N–H and O–H groups in total. The summed E-state index contributed by atoms with van der Waals surface area (Å²) < 4.78 is 31.1. The van der Waals surface area contributed by atoms with Crippen molar-refractivity contribution in [3.8, 4) is 0 Å². The second-order valence-electron chi connectivity index (χ2n) is 4.10. The molecule has 0 fully saturated rings. The molecule has 0 spiro atoms. The smallest absolute Gasteiger partial charge is 0.240 e. The Morgan fingerprint density at radius 2 is 2.00 bits per heavy atom. The van der Waals surface area contributed by atoms with Gasteiger partial charge in [-0.2, -0.15) is 0 Å². The molecule has 0 aliphatic heterocycles. The average Bonchev–Trinajstić information content (AvgIpc) is 2.82. The molecule has 1 aromatic carbocycles. The van der Waals surface area contributed by atoms with E-state index in [2.05, 4.69) is 10.0 Å². The number of rotatable bonds is 5. The van der Waals surface area contributed by atoms with E-state index in [4.69, 9.17) is 4.42 Å². The molecule has 0 aliphatic carbocycles. The summed E-state index contributed by atoms with van der Waals surface area (Å²) in [5, 5.41) is 3.12. The fourth-order valence-corrected chi connectivity index (χ4v) is 2.44. The highest BCUT2D eigenvalue weighted by molar-refractivity contribution is 7.89. The van der Waals surface area contributed by atoms with Crippen LogP contribution in [0.3, 0.4) is 0 Å². The molecule has 0 saturated carbocycles. The first-order valence-electron chi connectivity index (χ1n) is 5.84. The maximum absolute atomic E-state index is 11.7. The van der Waals surface area contributed by atoms with Crippen LogP contribution < -0.4 is 10.0 Å². The summed E-state index contributed by atoms with van der Waals surface area (Å²) in [7, 11) is -2.02. The van der Waals surface area contributed by atoms with Crippen LogP contribution in [-0.2, 0) is 16.6 Å². The third-order valence-corrected chi connectivity index (χ3v) is 4.09. The summed E-state index contributed by atoms with van der Waals surface area (Å²) in [5.74, 6) is 1.66. The first kappa shape index (κ1) is 13.6. The van der Waals surface area contributed by atoms with Crippen molar-refractivity contribution in [1.82, 2.24) is 4.72 Å². The zero-order valence-electron chi connectivity index (χ0n) is 10.8. The van der Waals surface area contributed by atoms with Gasteiger partial charge in [-0.3, -0.25) is 0 Å². The van der Waals surface area contributed by atoms with Crippen LogP contribution in [0.25, 0.3) is 0 Å². The summed E-state index contributed by atoms with van der Waals surface area (Å²) >= 11 is 0. The third kappa shape index (κ3) is 3.36. The van der Waals surface area contributed by atoms with Gasteiger partial charge < -0.3 is 9.73 Å². The maximum Gasteiger partial charge on any atom is 0.240 e. The summed E-state index contributed by atoms with van der Waals surface area (Å²) in [6.07, 6.45) is 0. The predicted molar refractivity (Wildman–Crippen MR) is 73.5 cm³/mol. The molecule has 1 aromatic heterocycles. The standard InChI is InChI=1S/C13H16N2O3S/c1-10-6-7-12(18-10)9-15-11-4-3-5-13(8-11)19(16,17)14-2/h3-8,14-15H,9H2,1-2H3. The average molecular weight is 280 g/mol. The molecule has 0 unspecified atom stereocenters. The molecule has 0 atom stereocenters. The zero-order chi connectivity index (χ0) is 13.9. The largest absolute Gasteiger partial charge is 0.465 e. The van der Waals surface area contributed by atoms with E-state index in [1.165, 1.54) is 7.05 Å². The first-order valence-corrected chi connectivity index (χ1v) is 7.32. The van der Waals surface area contributed by atoms with E-state index < -0.39 is 10.0 Å². The van der Waals surface area contributed by atoms with E-state index in [9.17, 15) is 8.42 Å². The van der Waals surface area contributed by atoms with Crippen molar-refractivity contribution in [1.29, 1.82) is 0 Å². The van der Waals surface area contributed by atoms with Crippen LogP contribution in [0.15, 0.2) is 45.7 Å². The molecule has 0 aliphatic rings. The topological polar surface area (TPSA) is 71.3 Å². The molecule has 0 radical (unpaired) electrons. The lowest BCUT2D eigenvalue weighted by molar-refractivity contribution is 0.490. The molecule has 0 bridgehead atoms. The second kappa shape index (κ2) is 5.46. The molecule has 2 rings (SSSR count). The van der Waals surface area contributed by atoms with E-state index in [1.807, 2.05) is 25.1 Å². The van der Waals surface area contributed by atoms with Crippen LogP contribution in [-0.4, -0.2) is 15.5 Å². The number of hydrogen-bond donors (Lipinski definition) is 2. The van der Waals surface area contributed by atoms with Gasteiger partial charge in [-0.05, 0) is 44.3 Å². The number of anilines is 1. The minimum absolute atomic E-state index is 0.232. The Labute approximate surface area is 112 Å². The van der Waals surface area contributed by atoms with Gasteiger partial charge in [0.25, 0.3) is 0 Å². The van der Waals surface area contributed by atoms with Gasteiger partial charge in [-0.1, -0.05) is 6.07 Å². The highest BCUT2D eigenvalue weighted by Crippen LogP contribution is 2.16. The van der Waals surface area contributed by atoms with Crippen LogP contribution >= 0.6 is 0 Å². The normalized spacial score (nSPS) is 11.5. The highest BCUT2D eigenvalue weighted by atomic mass is 32.2. The lowest BCUT2D eigenvalue weighted by Gasteiger charge is -2.07. The molecule has 1 heterocycles. The van der Waals surface area contributed by atoms with Crippen molar-refractivity contribution in [2.45, 2.75) is 18.4 Å². The van der Waals surface area contributed by atoms with Gasteiger partial charge in [-0.25, -0.2) is 13.1 Å². The van der Waals surface area contributed by atoms with Crippen LogP contribution in [0.2, 0.25) is 0 Å². The van der Waals surface area contributed by atoms with E-state index in [0.29, 0.717) is 6.54 Å². The summed E-state index contributed by atoms with van der Waals surface area (Å²) in [6, 6.07) is 10.4. The Kier molecular flexibility index (Phi) is 3.92. The molecule has 5 nitrogen and oxygen atoms in total. The van der Waals surface area contributed by atoms with Crippen molar-refractivity contribution in [3.05, 3.63) is 47.9 Å². The number of hydrogen-bond acceptors (Lipinski definition) is 4. The lowest BCUT2D eigenvalue weighted by Crippen LogP contribution is -2.18. The summed E-state index contributed by atoms with van der Waals surface area (Å²) in [6.45, 7) is 2.39. The number of benzene rings is 1. The Morgan fingerprint density at radius 3 is 2.63 bits per heavy atom. The zero-order valence-corrected chi connectivity index (χ0v) is 11.6. The lowest BCUT2D eigenvalue weighted by atomic mass is 10.3. The molecule has 0 amide bonds. The van der Waals surface area contributed by atoms with E-state index in [0.717, 1.165) is 17.2 Å². The van der Waals surface area contributed by atoms with E-state index in [1.54, 1.807) is 18.2 Å². The Morgan fingerprint density at radius 1 is 1.21 bits per heavy atom. The van der Waals surface area contributed by atoms with Gasteiger partial charge >= 0.3 is 0 Å². The van der Waals surface area contributed by atoms with Crippen molar-refractivity contribution in [3.63, 3.8) is 0 Å². The molecule has 6 heteroatoms. The Balaban J connectivity index is 2.11. The quantitative estimate of drug-likeness (QED) is 0.880. The number of furan rings is 1. The molecule has 0 saturated heterocycles. The molecule has 19 heavy (non-hydrogen) atoms. The molecule has 2 aromatic rings. The van der Waals surface area contributed by atoms with Crippen LogP contribution in [0.5, 0.6) is 0 Å². The van der Waals surface area contributed by atoms with Crippen LogP contribution in [0, 0.1) is 6.92 Å². The summed E-state index contributed by atoms with van der Waals surface area (Å²) in [4.78, 5) is 0.232. The van der Waals surface area contributed by atoms with Crippen molar-refractivity contribution in [2.75, 3.05) is 12.4 Å². The van der Waals surface area contributed by atoms with E-state index >= 15 is 0 Å². The van der Waals surface area contributed by atoms with Gasteiger partial charge in [0.05, 0.1) is 11.4 Å². The third-order valence-electron chi connectivity index (χ3n) is 2.68. The Hall–Kier alpha value is -1.79. The van der Waals surface area contributed by atoms with Gasteiger partial charge in [0.1, 0.15) is 11.5 Å². The van der Waals surface area contributed by atoms with Crippen molar-refractivity contribution < 1.29 is 12.8 Å². The van der Waals surface area contributed by atoms with Gasteiger partial charge in [0.15, 0.2) is 0 Å².